The summed E-state index contributed by atoms with van der Waals surface area (Å²) in [5.41, 5.74) is 2.28. The van der Waals surface area contributed by atoms with Gasteiger partial charge < -0.3 is 14.6 Å². The normalized spacial score (nSPS) is 14.7. The van der Waals surface area contributed by atoms with Gasteiger partial charge in [0.2, 0.25) is 10.0 Å². The fourth-order valence-corrected chi connectivity index (χ4v) is 4.11. The number of aryl methyl sites for hydroxylation is 1. The molecule has 134 valence electrons. The Kier molecular flexibility index (Phi) is 4.99. The summed E-state index contributed by atoms with van der Waals surface area (Å²) in [7, 11) is -2.19. The molecule has 6 nitrogen and oxygen atoms in total. The van der Waals surface area contributed by atoms with Gasteiger partial charge in [0.1, 0.15) is 11.5 Å². The predicted octanol–water partition coefficient (Wildman–Crippen LogP) is 1.95. The van der Waals surface area contributed by atoms with Crippen molar-refractivity contribution in [3.8, 4) is 11.5 Å². The van der Waals surface area contributed by atoms with Gasteiger partial charge in [0.05, 0.1) is 24.7 Å². The standard InChI is InChI=1S/C18H21NO5S/c1-12-9-15(23-2)4-6-18(12)25(21,22)19-11-16(20)13-3-5-17-14(10-13)7-8-24-17/h3-6,9-10,16,19-20H,7-8,11H2,1-2H3. The van der Waals surface area contributed by atoms with Crippen molar-refractivity contribution in [1.29, 1.82) is 0 Å². The lowest BCUT2D eigenvalue weighted by Crippen LogP contribution is -2.29. The van der Waals surface area contributed by atoms with Crippen LogP contribution in [0.5, 0.6) is 11.5 Å². The Morgan fingerprint density at radius 3 is 2.80 bits per heavy atom. The summed E-state index contributed by atoms with van der Waals surface area (Å²) in [5.74, 6) is 1.42. The number of benzene rings is 2. The molecule has 7 heteroatoms. The largest absolute Gasteiger partial charge is 0.497 e. The second-order valence-electron chi connectivity index (χ2n) is 5.96. The van der Waals surface area contributed by atoms with Crippen LogP contribution < -0.4 is 14.2 Å². The smallest absolute Gasteiger partial charge is 0.240 e. The molecule has 1 heterocycles. The monoisotopic (exact) mass is 363 g/mol. The maximum absolute atomic E-state index is 12.5. The van der Waals surface area contributed by atoms with Crippen molar-refractivity contribution in [2.75, 3.05) is 20.3 Å². The summed E-state index contributed by atoms with van der Waals surface area (Å²) in [6.45, 7) is 2.24. The molecule has 1 atom stereocenters. The van der Waals surface area contributed by atoms with E-state index in [1.807, 2.05) is 12.1 Å². The fraction of sp³-hybridized carbons (Fsp3) is 0.333. The van der Waals surface area contributed by atoms with Crippen molar-refractivity contribution in [2.45, 2.75) is 24.3 Å². The molecule has 2 aromatic rings. The van der Waals surface area contributed by atoms with Crippen molar-refractivity contribution in [2.24, 2.45) is 0 Å². The first-order valence-electron chi connectivity index (χ1n) is 7.99. The van der Waals surface area contributed by atoms with E-state index in [2.05, 4.69) is 4.72 Å². The molecule has 0 fully saturated rings. The third kappa shape index (κ3) is 3.78. The van der Waals surface area contributed by atoms with E-state index in [0.29, 0.717) is 23.5 Å². The summed E-state index contributed by atoms with van der Waals surface area (Å²) in [4.78, 5) is 0.169. The molecule has 3 rings (SSSR count). The number of aliphatic hydroxyl groups is 1. The number of ether oxygens (including phenoxy) is 2. The average molecular weight is 363 g/mol. The lowest BCUT2D eigenvalue weighted by molar-refractivity contribution is 0.182. The van der Waals surface area contributed by atoms with Crippen LogP contribution in [0.15, 0.2) is 41.3 Å². The van der Waals surface area contributed by atoms with Gasteiger partial charge in [-0.05, 0) is 53.9 Å². The van der Waals surface area contributed by atoms with Crippen molar-refractivity contribution in [3.63, 3.8) is 0 Å². The highest BCUT2D eigenvalue weighted by Crippen LogP contribution is 2.28. The summed E-state index contributed by atoms with van der Waals surface area (Å²) in [6, 6.07) is 10.2. The van der Waals surface area contributed by atoms with Crippen LogP contribution in [0.25, 0.3) is 0 Å². The summed E-state index contributed by atoms with van der Waals surface area (Å²) in [5, 5.41) is 10.3. The number of rotatable bonds is 6. The number of fused-ring (bicyclic) bond motifs is 1. The second kappa shape index (κ2) is 7.03. The van der Waals surface area contributed by atoms with Gasteiger partial charge in [-0.2, -0.15) is 0 Å². The van der Waals surface area contributed by atoms with Crippen molar-refractivity contribution in [3.05, 3.63) is 53.1 Å². The van der Waals surface area contributed by atoms with E-state index in [1.165, 1.54) is 13.2 Å². The van der Waals surface area contributed by atoms with Crippen LogP contribution in [-0.4, -0.2) is 33.8 Å². The molecule has 0 radical (unpaired) electrons. The fourth-order valence-electron chi connectivity index (χ4n) is 2.85. The average Bonchev–Trinajstić information content (AvgIpc) is 3.07. The zero-order valence-electron chi connectivity index (χ0n) is 14.2. The quantitative estimate of drug-likeness (QED) is 0.819. The molecule has 0 aromatic heterocycles. The maximum Gasteiger partial charge on any atom is 0.240 e. The van der Waals surface area contributed by atoms with E-state index in [1.54, 1.807) is 25.1 Å². The minimum atomic E-state index is -3.72. The molecule has 2 N–H and O–H groups in total. The van der Waals surface area contributed by atoms with E-state index in [9.17, 15) is 13.5 Å². The Morgan fingerprint density at radius 1 is 1.28 bits per heavy atom. The lowest BCUT2D eigenvalue weighted by atomic mass is 10.0. The molecule has 0 bridgehead atoms. The SMILES string of the molecule is COc1ccc(S(=O)(=O)NCC(O)c2ccc3c(c2)CCO3)c(C)c1. The Bertz CT molecular complexity index is 879. The van der Waals surface area contributed by atoms with Crippen LogP contribution in [0, 0.1) is 6.92 Å². The molecule has 0 aliphatic carbocycles. The molecule has 2 aromatic carbocycles. The van der Waals surface area contributed by atoms with Gasteiger partial charge in [-0.3, -0.25) is 0 Å². The predicted molar refractivity (Wildman–Crippen MR) is 93.5 cm³/mol. The Morgan fingerprint density at radius 2 is 2.08 bits per heavy atom. The highest BCUT2D eigenvalue weighted by atomic mass is 32.2. The Labute approximate surface area is 147 Å². The van der Waals surface area contributed by atoms with Crippen molar-refractivity contribution >= 4 is 10.0 Å². The first kappa shape index (κ1) is 17.7. The number of sulfonamides is 1. The van der Waals surface area contributed by atoms with Gasteiger partial charge >= 0.3 is 0 Å². The summed E-state index contributed by atoms with van der Waals surface area (Å²) >= 11 is 0. The number of methoxy groups -OCH3 is 1. The Balaban J connectivity index is 1.71. The molecule has 25 heavy (non-hydrogen) atoms. The van der Waals surface area contributed by atoms with E-state index < -0.39 is 16.1 Å². The molecule has 0 saturated carbocycles. The topological polar surface area (TPSA) is 84.9 Å². The van der Waals surface area contributed by atoms with Gasteiger partial charge in [0.15, 0.2) is 0 Å². The van der Waals surface area contributed by atoms with E-state index in [4.69, 9.17) is 9.47 Å². The Hall–Kier alpha value is -2.09. The second-order valence-corrected chi connectivity index (χ2v) is 7.70. The van der Waals surface area contributed by atoms with Crippen molar-refractivity contribution in [1.82, 2.24) is 4.72 Å². The summed E-state index contributed by atoms with van der Waals surface area (Å²) in [6.07, 6.45) is -0.133. The first-order chi connectivity index (χ1) is 11.9. The third-order valence-corrected chi connectivity index (χ3v) is 5.82. The van der Waals surface area contributed by atoms with Crippen LogP contribution in [0.1, 0.15) is 22.8 Å². The van der Waals surface area contributed by atoms with Gasteiger partial charge in [-0.1, -0.05) is 6.07 Å². The molecule has 1 aliphatic heterocycles. The molecule has 1 aliphatic rings. The minimum absolute atomic E-state index is 0.104. The van der Waals surface area contributed by atoms with E-state index in [0.717, 1.165) is 17.7 Å². The highest BCUT2D eigenvalue weighted by Gasteiger charge is 2.20. The van der Waals surface area contributed by atoms with Crippen LogP contribution >= 0.6 is 0 Å². The van der Waals surface area contributed by atoms with Crippen LogP contribution in [-0.2, 0) is 16.4 Å². The van der Waals surface area contributed by atoms with Crippen LogP contribution in [0.3, 0.4) is 0 Å². The van der Waals surface area contributed by atoms with Gasteiger partial charge in [-0.15, -0.1) is 0 Å². The minimum Gasteiger partial charge on any atom is -0.497 e. The summed E-state index contributed by atoms with van der Waals surface area (Å²) < 4.78 is 38.0. The first-order valence-corrected chi connectivity index (χ1v) is 9.47. The molecule has 1 unspecified atom stereocenters. The maximum atomic E-state index is 12.5. The molecular formula is C18H21NO5S. The molecule has 0 spiro atoms. The van der Waals surface area contributed by atoms with E-state index >= 15 is 0 Å². The highest BCUT2D eigenvalue weighted by molar-refractivity contribution is 7.89. The van der Waals surface area contributed by atoms with Crippen molar-refractivity contribution < 1.29 is 23.0 Å². The van der Waals surface area contributed by atoms with Crippen LogP contribution in [0.4, 0.5) is 0 Å². The molecule has 0 saturated heterocycles. The van der Waals surface area contributed by atoms with Crippen LogP contribution in [0.2, 0.25) is 0 Å². The number of nitrogens with one attached hydrogen (secondary N) is 1. The molecular weight excluding hydrogens is 342 g/mol. The van der Waals surface area contributed by atoms with Gasteiger partial charge in [0, 0.05) is 13.0 Å². The number of hydrogen-bond acceptors (Lipinski definition) is 5. The van der Waals surface area contributed by atoms with Gasteiger partial charge in [0.25, 0.3) is 0 Å². The van der Waals surface area contributed by atoms with E-state index in [-0.39, 0.29) is 11.4 Å². The number of hydrogen-bond donors (Lipinski definition) is 2. The zero-order chi connectivity index (χ0) is 18.0. The number of aliphatic hydroxyl groups excluding tert-OH is 1. The lowest BCUT2D eigenvalue weighted by Gasteiger charge is -2.15. The van der Waals surface area contributed by atoms with Gasteiger partial charge in [-0.25, -0.2) is 13.1 Å². The third-order valence-electron chi connectivity index (χ3n) is 4.24. The zero-order valence-corrected chi connectivity index (χ0v) is 15.0. The molecule has 0 amide bonds.